The Balaban J connectivity index is 1.66. The fourth-order valence-corrected chi connectivity index (χ4v) is 5.21. The van der Waals surface area contributed by atoms with Crippen molar-refractivity contribution in [3.05, 3.63) is 82.9 Å². The molecule has 0 radical (unpaired) electrons. The van der Waals surface area contributed by atoms with Crippen molar-refractivity contribution < 1.29 is 21.6 Å². The van der Waals surface area contributed by atoms with Gasteiger partial charge in [-0.1, -0.05) is 35.9 Å². The Morgan fingerprint density at radius 3 is 2.24 bits per heavy atom. The van der Waals surface area contributed by atoms with Gasteiger partial charge >= 0.3 is 6.18 Å². The molecule has 0 saturated heterocycles. The normalized spacial score (nSPS) is 14.1. The molecular weight excluding hydrogens is 423 g/mol. The second kappa shape index (κ2) is 7.07. The lowest BCUT2D eigenvalue weighted by Gasteiger charge is -2.20. The van der Waals surface area contributed by atoms with Crippen molar-refractivity contribution in [3.63, 3.8) is 0 Å². The van der Waals surface area contributed by atoms with Gasteiger partial charge in [-0.3, -0.25) is 4.31 Å². The van der Waals surface area contributed by atoms with E-state index in [0.717, 1.165) is 23.3 Å². The van der Waals surface area contributed by atoms with Crippen molar-refractivity contribution in [3.8, 4) is 11.1 Å². The number of halogens is 4. The summed E-state index contributed by atoms with van der Waals surface area (Å²) >= 11 is 5.93. The van der Waals surface area contributed by atoms with Gasteiger partial charge in [0.15, 0.2) is 0 Å². The largest absolute Gasteiger partial charge is 0.416 e. The fraction of sp³-hybridized carbons (Fsp3) is 0.143. The van der Waals surface area contributed by atoms with Gasteiger partial charge in [-0.05, 0) is 65.6 Å². The Morgan fingerprint density at radius 1 is 0.897 bits per heavy atom. The number of benzene rings is 3. The lowest BCUT2D eigenvalue weighted by molar-refractivity contribution is -0.137. The van der Waals surface area contributed by atoms with Gasteiger partial charge in [-0.25, -0.2) is 8.42 Å². The van der Waals surface area contributed by atoms with Crippen LogP contribution in [-0.2, 0) is 22.6 Å². The number of anilines is 1. The molecule has 0 amide bonds. The average molecular weight is 438 g/mol. The molecule has 0 aromatic heterocycles. The highest BCUT2D eigenvalue weighted by Gasteiger charge is 2.32. The van der Waals surface area contributed by atoms with E-state index in [-0.39, 0.29) is 4.90 Å². The molecule has 3 aromatic carbocycles. The highest BCUT2D eigenvalue weighted by Crippen LogP contribution is 2.37. The summed E-state index contributed by atoms with van der Waals surface area (Å²) in [5.41, 5.74) is 2.06. The molecule has 29 heavy (non-hydrogen) atoms. The van der Waals surface area contributed by atoms with Crippen molar-refractivity contribution in [1.82, 2.24) is 0 Å². The molecule has 1 aliphatic heterocycles. The molecule has 8 heteroatoms. The Kier molecular flexibility index (Phi) is 4.83. The predicted molar refractivity (Wildman–Crippen MR) is 107 cm³/mol. The van der Waals surface area contributed by atoms with Crippen LogP contribution in [-0.4, -0.2) is 15.0 Å². The average Bonchev–Trinajstić information content (AvgIpc) is 3.11. The van der Waals surface area contributed by atoms with Crippen LogP contribution in [0.15, 0.2) is 71.6 Å². The molecule has 0 spiro atoms. The standard InChI is InChI=1S/C21H15ClF3NO2S/c22-18-2-1-3-19(13-18)29(27,28)26-11-10-16-12-15(6-9-20(16)26)14-4-7-17(8-5-14)21(23,24)25/h1-9,12-13H,10-11H2. The number of rotatable bonds is 3. The molecule has 3 nitrogen and oxygen atoms in total. The third-order valence-electron chi connectivity index (χ3n) is 4.86. The molecule has 1 aliphatic rings. The van der Waals surface area contributed by atoms with Crippen LogP contribution < -0.4 is 4.31 Å². The minimum Gasteiger partial charge on any atom is -0.266 e. The van der Waals surface area contributed by atoms with Crippen LogP contribution in [0.25, 0.3) is 11.1 Å². The quantitative estimate of drug-likeness (QED) is 0.521. The number of sulfonamides is 1. The smallest absolute Gasteiger partial charge is 0.266 e. The Bertz CT molecular complexity index is 1180. The first kappa shape index (κ1) is 19.8. The van der Waals surface area contributed by atoms with Gasteiger partial charge < -0.3 is 0 Å². The molecule has 0 fully saturated rings. The fourth-order valence-electron chi connectivity index (χ4n) is 3.41. The van der Waals surface area contributed by atoms with Crippen LogP contribution >= 0.6 is 11.6 Å². The maximum absolute atomic E-state index is 13.0. The van der Waals surface area contributed by atoms with Crippen LogP contribution in [0.2, 0.25) is 5.02 Å². The molecule has 0 saturated carbocycles. The summed E-state index contributed by atoms with van der Waals surface area (Å²) in [7, 11) is -3.75. The van der Waals surface area contributed by atoms with E-state index in [4.69, 9.17) is 11.6 Å². The van der Waals surface area contributed by atoms with Crippen LogP contribution in [0.3, 0.4) is 0 Å². The summed E-state index contributed by atoms with van der Waals surface area (Å²) in [4.78, 5) is 0.115. The Labute approximate surface area is 171 Å². The molecule has 150 valence electrons. The summed E-state index contributed by atoms with van der Waals surface area (Å²) < 4.78 is 65.6. The first-order chi connectivity index (χ1) is 13.7. The minimum atomic E-state index is -4.38. The van der Waals surface area contributed by atoms with E-state index in [1.807, 2.05) is 6.07 Å². The van der Waals surface area contributed by atoms with E-state index in [9.17, 15) is 21.6 Å². The lowest BCUT2D eigenvalue weighted by Crippen LogP contribution is -2.29. The number of hydrogen-bond acceptors (Lipinski definition) is 2. The zero-order valence-corrected chi connectivity index (χ0v) is 16.5. The first-order valence-electron chi connectivity index (χ1n) is 8.75. The minimum absolute atomic E-state index is 0.115. The van der Waals surface area contributed by atoms with Gasteiger partial charge in [-0.2, -0.15) is 13.2 Å². The van der Waals surface area contributed by atoms with E-state index in [0.29, 0.717) is 29.2 Å². The van der Waals surface area contributed by atoms with Crippen molar-refractivity contribution >= 4 is 27.3 Å². The highest BCUT2D eigenvalue weighted by molar-refractivity contribution is 7.92. The SMILES string of the molecule is O=S(=O)(c1cccc(Cl)c1)N1CCc2cc(-c3ccc(C(F)(F)F)cc3)ccc21. The maximum atomic E-state index is 13.0. The van der Waals surface area contributed by atoms with Crippen LogP contribution in [0, 0.1) is 0 Å². The molecular formula is C21H15ClF3NO2S. The van der Waals surface area contributed by atoms with Gasteiger partial charge in [0.25, 0.3) is 10.0 Å². The number of nitrogens with zero attached hydrogens (tertiary/aromatic N) is 1. The topological polar surface area (TPSA) is 37.4 Å². The Hall–Kier alpha value is -2.51. The molecule has 0 N–H and O–H groups in total. The van der Waals surface area contributed by atoms with Gasteiger partial charge in [0.2, 0.25) is 0 Å². The van der Waals surface area contributed by atoms with Gasteiger partial charge in [0.1, 0.15) is 0 Å². The third-order valence-corrected chi connectivity index (χ3v) is 6.91. The maximum Gasteiger partial charge on any atom is 0.416 e. The zero-order chi connectivity index (χ0) is 20.8. The summed E-state index contributed by atoms with van der Waals surface area (Å²) in [5, 5.41) is 0.336. The van der Waals surface area contributed by atoms with Crippen molar-refractivity contribution in [2.24, 2.45) is 0 Å². The van der Waals surface area contributed by atoms with Crippen molar-refractivity contribution in [2.45, 2.75) is 17.5 Å². The third kappa shape index (κ3) is 3.72. The summed E-state index contributed by atoms with van der Waals surface area (Å²) in [6.45, 7) is 0.292. The molecule has 4 rings (SSSR count). The van der Waals surface area contributed by atoms with Gasteiger partial charge in [-0.15, -0.1) is 0 Å². The zero-order valence-electron chi connectivity index (χ0n) is 14.9. The molecule has 1 heterocycles. The van der Waals surface area contributed by atoms with E-state index in [2.05, 4.69) is 0 Å². The van der Waals surface area contributed by atoms with Crippen LogP contribution in [0.5, 0.6) is 0 Å². The monoisotopic (exact) mass is 437 g/mol. The number of hydrogen-bond donors (Lipinski definition) is 0. The summed E-state index contributed by atoms with van der Waals surface area (Å²) in [5.74, 6) is 0. The van der Waals surface area contributed by atoms with E-state index >= 15 is 0 Å². The van der Waals surface area contributed by atoms with Crippen LogP contribution in [0.1, 0.15) is 11.1 Å². The summed E-state index contributed by atoms with van der Waals surface area (Å²) in [6.07, 6.45) is -3.87. The number of alkyl halides is 3. The van der Waals surface area contributed by atoms with Crippen molar-refractivity contribution in [1.29, 1.82) is 0 Å². The molecule has 0 unspecified atom stereocenters. The van der Waals surface area contributed by atoms with E-state index in [1.165, 1.54) is 28.6 Å². The molecule has 3 aromatic rings. The molecule has 0 aliphatic carbocycles. The number of fused-ring (bicyclic) bond motifs is 1. The first-order valence-corrected chi connectivity index (χ1v) is 10.6. The molecule has 0 bridgehead atoms. The lowest BCUT2D eigenvalue weighted by atomic mass is 10.0. The van der Waals surface area contributed by atoms with E-state index in [1.54, 1.807) is 24.3 Å². The second-order valence-electron chi connectivity index (χ2n) is 6.70. The highest BCUT2D eigenvalue weighted by atomic mass is 35.5. The predicted octanol–water partition coefficient (Wildman–Crippen LogP) is 5.78. The summed E-state index contributed by atoms with van der Waals surface area (Å²) in [6, 6.07) is 16.2. The van der Waals surface area contributed by atoms with Crippen molar-refractivity contribution in [2.75, 3.05) is 10.8 Å². The van der Waals surface area contributed by atoms with E-state index < -0.39 is 21.8 Å². The van der Waals surface area contributed by atoms with Crippen LogP contribution in [0.4, 0.5) is 18.9 Å². The van der Waals surface area contributed by atoms with Gasteiger partial charge in [0.05, 0.1) is 16.1 Å². The second-order valence-corrected chi connectivity index (χ2v) is 9.00. The Morgan fingerprint density at radius 2 is 1.59 bits per heavy atom. The molecule has 0 atom stereocenters. The van der Waals surface area contributed by atoms with Gasteiger partial charge in [0, 0.05) is 11.6 Å².